The third kappa shape index (κ3) is 0.795. The molecule has 1 aromatic rings. The number of hydrogen-bond donors (Lipinski definition) is 1. The molecule has 0 saturated heterocycles. The molecule has 0 amide bonds. The van der Waals surface area contributed by atoms with E-state index in [4.69, 9.17) is 4.74 Å². The molecule has 52 valence electrons. The maximum atomic E-state index is 5.25. The summed E-state index contributed by atoms with van der Waals surface area (Å²) >= 11 is 0. The van der Waals surface area contributed by atoms with Gasteiger partial charge >= 0.3 is 0 Å². The van der Waals surface area contributed by atoms with Crippen LogP contribution >= 0.6 is 0 Å². The summed E-state index contributed by atoms with van der Waals surface area (Å²) in [6, 6.07) is 3.85. The van der Waals surface area contributed by atoms with Crippen LogP contribution in [0.3, 0.4) is 0 Å². The molecule has 3 heteroatoms. The lowest BCUT2D eigenvalue weighted by molar-refractivity contribution is 0.310. The Labute approximate surface area is 59.0 Å². The molecule has 10 heavy (non-hydrogen) atoms. The van der Waals surface area contributed by atoms with Gasteiger partial charge in [-0.05, 0) is 12.1 Å². The molecule has 3 nitrogen and oxygen atoms in total. The summed E-state index contributed by atoms with van der Waals surface area (Å²) in [5.74, 6) is 0.716. The minimum absolute atomic E-state index is 0.712. The number of pyridine rings is 1. The number of aromatic nitrogens is 1. The van der Waals surface area contributed by atoms with E-state index in [0.29, 0.717) is 12.5 Å². The van der Waals surface area contributed by atoms with Crippen LogP contribution < -0.4 is 10.1 Å². The van der Waals surface area contributed by atoms with E-state index in [9.17, 15) is 0 Å². The van der Waals surface area contributed by atoms with Crippen molar-refractivity contribution in [3.8, 4) is 5.88 Å². The first-order valence-electron chi connectivity index (χ1n) is 3.28. The van der Waals surface area contributed by atoms with E-state index in [1.165, 1.54) is 0 Å². The van der Waals surface area contributed by atoms with Crippen molar-refractivity contribution in [3.63, 3.8) is 0 Å². The quantitative estimate of drug-likeness (QED) is 0.575. The van der Waals surface area contributed by atoms with E-state index in [2.05, 4.69) is 10.3 Å². The summed E-state index contributed by atoms with van der Waals surface area (Å²) in [5.41, 5.74) is 0.994. The van der Waals surface area contributed by atoms with Gasteiger partial charge in [-0.2, -0.15) is 0 Å². The van der Waals surface area contributed by atoms with Crippen molar-refractivity contribution in [1.29, 1.82) is 0 Å². The Morgan fingerprint density at radius 3 is 3.50 bits per heavy atom. The van der Waals surface area contributed by atoms with Gasteiger partial charge in [0.2, 0.25) is 5.88 Å². The molecular weight excluding hydrogens is 128 g/mol. The topological polar surface area (TPSA) is 34.2 Å². The van der Waals surface area contributed by atoms with Crippen molar-refractivity contribution in [2.75, 3.05) is 18.5 Å². The van der Waals surface area contributed by atoms with Crippen LogP contribution in [0.25, 0.3) is 0 Å². The second-order valence-electron chi connectivity index (χ2n) is 2.13. The van der Waals surface area contributed by atoms with E-state index in [0.717, 1.165) is 12.2 Å². The number of nitrogens with one attached hydrogen (secondary N) is 1. The maximum absolute atomic E-state index is 5.25. The SMILES string of the molecule is c1cnc2c(c1)NCCO2. The van der Waals surface area contributed by atoms with Gasteiger partial charge in [-0.15, -0.1) is 0 Å². The van der Waals surface area contributed by atoms with Gasteiger partial charge in [-0.3, -0.25) is 0 Å². The molecule has 1 aromatic heterocycles. The summed E-state index contributed by atoms with van der Waals surface area (Å²) in [4.78, 5) is 4.03. The van der Waals surface area contributed by atoms with Crippen LogP contribution in [0.15, 0.2) is 18.3 Å². The average molecular weight is 136 g/mol. The normalized spacial score (nSPS) is 14.8. The van der Waals surface area contributed by atoms with Gasteiger partial charge in [-0.25, -0.2) is 4.98 Å². The molecule has 0 atom stereocenters. The number of ether oxygens (including phenoxy) is 1. The fourth-order valence-electron chi connectivity index (χ4n) is 0.974. The van der Waals surface area contributed by atoms with Gasteiger partial charge in [-0.1, -0.05) is 0 Å². The Balaban J connectivity index is 2.41. The van der Waals surface area contributed by atoms with Gasteiger partial charge in [0, 0.05) is 12.7 Å². The molecule has 0 unspecified atom stereocenters. The smallest absolute Gasteiger partial charge is 0.237 e. The van der Waals surface area contributed by atoms with Gasteiger partial charge in [0.25, 0.3) is 0 Å². The van der Waals surface area contributed by atoms with E-state index in [-0.39, 0.29) is 0 Å². The lowest BCUT2D eigenvalue weighted by Crippen LogP contribution is -2.18. The Hall–Kier alpha value is -1.25. The second kappa shape index (κ2) is 2.17. The molecule has 2 rings (SSSR count). The molecule has 0 aliphatic carbocycles. The molecule has 2 heterocycles. The fraction of sp³-hybridized carbons (Fsp3) is 0.286. The van der Waals surface area contributed by atoms with E-state index >= 15 is 0 Å². The molecule has 0 bridgehead atoms. The number of anilines is 1. The molecule has 0 spiro atoms. The zero-order chi connectivity index (χ0) is 6.81. The number of nitrogens with zero attached hydrogens (tertiary/aromatic N) is 1. The third-order valence-electron chi connectivity index (χ3n) is 1.43. The van der Waals surface area contributed by atoms with Crippen LogP contribution in [0.4, 0.5) is 5.69 Å². The lowest BCUT2D eigenvalue weighted by Gasteiger charge is -2.16. The highest BCUT2D eigenvalue weighted by Gasteiger charge is 2.07. The summed E-state index contributed by atoms with van der Waals surface area (Å²) in [6.45, 7) is 1.59. The maximum Gasteiger partial charge on any atom is 0.237 e. The van der Waals surface area contributed by atoms with Crippen LogP contribution in [0, 0.1) is 0 Å². The highest BCUT2D eigenvalue weighted by Crippen LogP contribution is 2.22. The largest absolute Gasteiger partial charge is 0.474 e. The predicted octanol–water partition coefficient (Wildman–Crippen LogP) is 0.886. The van der Waals surface area contributed by atoms with E-state index < -0.39 is 0 Å². The van der Waals surface area contributed by atoms with Gasteiger partial charge in [0.05, 0.1) is 5.69 Å². The molecule has 0 fully saturated rings. The summed E-state index contributed by atoms with van der Waals surface area (Å²) < 4.78 is 5.25. The molecule has 1 N–H and O–H groups in total. The van der Waals surface area contributed by atoms with Crippen molar-refractivity contribution < 1.29 is 4.74 Å². The summed E-state index contributed by atoms with van der Waals surface area (Å²) in [6.07, 6.45) is 1.73. The Morgan fingerprint density at radius 2 is 2.60 bits per heavy atom. The molecular formula is C7H8N2O. The van der Waals surface area contributed by atoms with Crippen molar-refractivity contribution in [1.82, 2.24) is 4.98 Å². The zero-order valence-corrected chi connectivity index (χ0v) is 5.50. The monoisotopic (exact) mass is 136 g/mol. The third-order valence-corrected chi connectivity index (χ3v) is 1.43. The van der Waals surface area contributed by atoms with Gasteiger partial charge in [0.15, 0.2) is 0 Å². The zero-order valence-electron chi connectivity index (χ0n) is 5.50. The minimum Gasteiger partial charge on any atom is -0.474 e. The summed E-state index contributed by atoms with van der Waals surface area (Å²) in [7, 11) is 0. The standard InChI is InChI=1S/C7H8N2O/c1-2-6-7(9-3-1)10-5-4-8-6/h1-3,8H,4-5H2. The highest BCUT2D eigenvalue weighted by atomic mass is 16.5. The van der Waals surface area contributed by atoms with Crippen LogP contribution in [-0.2, 0) is 0 Å². The van der Waals surface area contributed by atoms with E-state index in [1.807, 2.05) is 12.1 Å². The molecule has 1 aliphatic heterocycles. The Morgan fingerprint density at radius 1 is 1.60 bits per heavy atom. The number of fused-ring (bicyclic) bond motifs is 1. The molecule has 0 saturated carbocycles. The lowest BCUT2D eigenvalue weighted by atomic mass is 10.4. The van der Waals surface area contributed by atoms with Crippen molar-refractivity contribution in [2.45, 2.75) is 0 Å². The predicted molar refractivity (Wildman–Crippen MR) is 38.2 cm³/mol. The average Bonchev–Trinajstić information content (AvgIpc) is 2.05. The van der Waals surface area contributed by atoms with Crippen LogP contribution in [0.5, 0.6) is 5.88 Å². The first-order chi connectivity index (χ1) is 4.97. The van der Waals surface area contributed by atoms with Crippen molar-refractivity contribution in [2.24, 2.45) is 0 Å². The minimum atomic E-state index is 0.712. The molecule has 0 aromatic carbocycles. The van der Waals surface area contributed by atoms with E-state index in [1.54, 1.807) is 6.20 Å². The van der Waals surface area contributed by atoms with Crippen LogP contribution in [0.1, 0.15) is 0 Å². The Bertz CT molecular complexity index is 212. The Kier molecular flexibility index (Phi) is 1.20. The first-order valence-corrected chi connectivity index (χ1v) is 3.28. The van der Waals surface area contributed by atoms with Crippen molar-refractivity contribution >= 4 is 5.69 Å². The first kappa shape index (κ1) is 5.53. The summed E-state index contributed by atoms with van der Waals surface area (Å²) in [5, 5.41) is 3.18. The van der Waals surface area contributed by atoms with Crippen molar-refractivity contribution in [3.05, 3.63) is 18.3 Å². The fourth-order valence-corrected chi connectivity index (χ4v) is 0.974. The second-order valence-corrected chi connectivity index (χ2v) is 2.13. The van der Waals surface area contributed by atoms with Gasteiger partial charge in [0.1, 0.15) is 6.61 Å². The number of rotatable bonds is 0. The molecule has 1 aliphatic rings. The molecule has 0 radical (unpaired) electrons. The van der Waals surface area contributed by atoms with Gasteiger partial charge < -0.3 is 10.1 Å². The van der Waals surface area contributed by atoms with Crippen LogP contribution in [-0.4, -0.2) is 18.1 Å². The van der Waals surface area contributed by atoms with Crippen LogP contribution in [0.2, 0.25) is 0 Å². The number of hydrogen-bond acceptors (Lipinski definition) is 3. The highest BCUT2D eigenvalue weighted by molar-refractivity contribution is 5.53.